The normalized spacial score (nSPS) is 23.9. The topological polar surface area (TPSA) is 107 Å². The zero-order valence-corrected chi connectivity index (χ0v) is 21.4. The first-order valence-corrected chi connectivity index (χ1v) is 11.8. The lowest BCUT2D eigenvalue weighted by Gasteiger charge is -2.39. The van der Waals surface area contributed by atoms with Gasteiger partial charge in [-0.05, 0) is 44.9 Å². The third-order valence-electron chi connectivity index (χ3n) is 6.48. The van der Waals surface area contributed by atoms with Gasteiger partial charge in [-0.1, -0.05) is 13.8 Å². The van der Waals surface area contributed by atoms with Crippen LogP contribution in [0.25, 0.3) is 10.9 Å². The number of hydrogen-bond donors (Lipinski definition) is 1. The minimum Gasteiger partial charge on any atom is -0.497 e. The second kappa shape index (κ2) is 8.86. The van der Waals surface area contributed by atoms with Crippen LogP contribution in [0.2, 0.25) is 0 Å². The molecule has 0 bridgehead atoms. The van der Waals surface area contributed by atoms with Gasteiger partial charge in [0.2, 0.25) is 0 Å². The third-order valence-corrected chi connectivity index (χ3v) is 6.48. The van der Waals surface area contributed by atoms with Crippen LogP contribution in [0.1, 0.15) is 70.7 Å². The lowest BCUT2D eigenvalue weighted by Crippen LogP contribution is -2.46. The number of carbonyl (C=O) groups is 2. The van der Waals surface area contributed by atoms with E-state index in [-0.39, 0.29) is 25.3 Å². The summed E-state index contributed by atoms with van der Waals surface area (Å²) in [6, 6.07) is 4.65. The molecule has 9 heteroatoms. The fraction of sp³-hybridized carbons (Fsp3) is 0.577. The molecule has 0 saturated carbocycles. The maximum Gasteiger partial charge on any atom is 0.411 e. The molecular weight excluding hydrogens is 452 g/mol. The zero-order chi connectivity index (χ0) is 25.7. The number of hydrogen-bond acceptors (Lipinski definition) is 8. The number of esters is 1. The van der Waals surface area contributed by atoms with E-state index in [2.05, 4.69) is 0 Å². The number of aliphatic hydroxyl groups is 1. The van der Waals surface area contributed by atoms with Gasteiger partial charge in [-0.2, -0.15) is 0 Å². The number of benzene rings is 1. The van der Waals surface area contributed by atoms with E-state index in [0.717, 1.165) is 10.9 Å². The molecule has 3 heterocycles. The van der Waals surface area contributed by atoms with E-state index in [1.807, 2.05) is 32.0 Å². The van der Waals surface area contributed by atoms with Crippen LogP contribution in [0.4, 0.5) is 4.79 Å². The number of aliphatic hydroxyl groups excluding tert-OH is 1. The summed E-state index contributed by atoms with van der Waals surface area (Å²) in [6.07, 6.45) is -1.16. The van der Waals surface area contributed by atoms with Crippen LogP contribution in [0.15, 0.2) is 18.2 Å². The number of methoxy groups -OCH3 is 2. The summed E-state index contributed by atoms with van der Waals surface area (Å²) in [5, 5.41) is 12.2. The third kappa shape index (κ3) is 4.61. The fourth-order valence-corrected chi connectivity index (χ4v) is 4.97. The molecule has 0 aliphatic carbocycles. The van der Waals surface area contributed by atoms with Gasteiger partial charge in [0.25, 0.3) is 0 Å². The molecule has 2 aliphatic heterocycles. The van der Waals surface area contributed by atoms with Gasteiger partial charge >= 0.3 is 12.1 Å². The Hall–Kier alpha value is -3.07. The summed E-state index contributed by atoms with van der Waals surface area (Å²) in [6.45, 7) is 9.39. The van der Waals surface area contributed by atoms with Crippen LogP contribution in [0.3, 0.4) is 0 Å². The zero-order valence-electron chi connectivity index (χ0n) is 21.4. The number of amides is 1. The average Bonchev–Trinajstić information content (AvgIpc) is 3.14. The Labute approximate surface area is 205 Å². The molecule has 4 rings (SSSR count). The van der Waals surface area contributed by atoms with E-state index in [1.54, 1.807) is 27.9 Å². The van der Waals surface area contributed by atoms with Crippen molar-refractivity contribution >= 4 is 23.0 Å². The first-order valence-electron chi connectivity index (χ1n) is 11.8. The highest BCUT2D eigenvalue weighted by atomic mass is 16.6. The molecule has 35 heavy (non-hydrogen) atoms. The molecule has 2 unspecified atom stereocenters. The van der Waals surface area contributed by atoms with Crippen molar-refractivity contribution in [1.29, 1.82) is 0 Å². The van der Waals surface area contributed by atoms with E-state index >= 15 is 0 Å². The predicted octanol–water partition coefficient (Wildman–Crippen LogP) is 4.10. The molecule has 2 aromatic rings. The summed E-state index contributed by atoms with van der Waals surface area (Å²) in [5.41, 5.74) is 0.357. The second-order valence-electron chi connectivity index (χ2n) is 10.6. The molecule has 9 nitrogen and oxygen atoms in total. The van der Waals surface area contributed by atoms with E-state index in [1.165, 1.54) is 12.0 Å². The van der Waals surface area contributed by atoms with Gasteiger partial charge < -0.3 is 24.1 Å². The molecule has 1 amide bonds. The van der Waals surface area contributed by atoms with E-state index in [0.29, 0.717) is 22.8 Å². The van der Waals surface area contributed by atoms with Gasteiger partial charge in [-0.15, -0.1) is 0 Å². The minimum atomic E-state index is -1.000. The minimum absolute atomic E-state index is 0.0115. The SMILES string of the molecule is COC(=O)[C@@H]1CC2(CC(O)c3c(c(C(C)C)nc4ccc(OC)cc34)O2)CN1C(=O)OC(C)(C)C. The van der Waals surface area contributed by atoms with Crippen molar-refractivity contribution in [3.8, 4) is 11.5 Å². The smallest absolute Gasteiger partial charge is 0.411 e. The van der Waals surface area contributed by atoms with Crippen molar-refractivity contribution in [2.24, 2.45) is 0 Å². The van der Waals surface area contributed by atoms with Crippen molar-refractivity contribution in [2.45, 2.75) is 76.7 Å². The van der Waals surface area contributed by atoms with Gasteiger partial charge in [-0.25, -0.2) is 14.6 Å². The van der Waals surface area contributed by atoms with Crippen LogP contribution < -0.4 is 9.47 Å². The second-order valence-corrected chi connectivity index (χ2v) is 10.6. The highest BCUT2D eigenvalue weighted by molar-refractivity contribution is 5.87. The highest BCUT2D eigenvalue weighted by Gasteiger charge is 2.55. The Morgan fingerprint density at radius 2 is 1.94 bits per heavy atom. The number of carbonyl (C=O) groups excluding carboxylic acids is 2. The first-order chi connectivity index (χ1) is 16.4. The monoisotopic (exact) mass is 486 g/mol. The van der Waals surface area contributed by atoms with Gasteiger partial charge in [0.1, 0.15) is 28.7 Å². The van der Waals surface area contributed by atoms with Crippen molar-refractivity contribution in [2.75, 3.05) is 20.8 Å². The molecule has 1 N–H and O–H groups in total. The Morgan fingerprint density at radius 1 is 1.23 bits per heavy atom. The van der Waals surface area contributed by atoms with Crippen LogP contribution in [0.5, 0.6) is 11.5 Å². The summed E-state index contributed by atoms with van der Waals surface area (Å²) < 4.78 is 22.6. The first kappa shape index (κ1) is 25.0. The summed E-state index contributed by atoms with van der Waals surface area (Å²) in [7, 11) is 2.87. The standard InChI is InChI=1S/C26H34N2O7/c1-14(2)21-22-20(16-10-15(32-6)8-9-17(16)27-21)19(29)12-26(34-22)11-18(23(30)33-7)28(13-26)24(31)35-25(3,4)5/h8-10,14,18-19,29H,11-13H2,1-7H3/t18-,19?,26?/m0/s1. The molecule has 1 fully saturated rings. The van der Waals surface area contributed by atoms with E-state index in [9.17, 15) is 14.7 Å². The molecule has 1 saturated heterocycles. The number of fused-ring (bicyclic) bond motifs is 3. The molecule has 1 spiro atoms. The fourth-order valence-electron chi connectivity index (χ4n) is 4.97. The van der Waals surface area contributed by atoms with Crippen molar-refractivity contribution in [1.82, 2.24) is 9.88 Å². The molecule has 3 atom stereocenters. The maximum atomic E-state index is 13.0. The van der Waals surface area contributed by atoms with Crippen molar-refractivity contribution < 1.29 is 33.6 Å². The number of rotatable bonds is 3. The lowest BCUT2D eigenvalue weighted by molar-refractivity contribution is -0.145. The van der Waals surface area contributed by atoms with E-state index in [4.69, 9.17) is 23.9 Å². The number of nitrogens with zero attached hydrogens (tertiary/aromatic N) is 2. The maximum absolute atomic E-state index is 13.0. The molecule has 190 valence electrons. The van der Waals surface area contributed by atoms with E-state index < -0.39 is 35.4 Å². The van der Waals surface area contributed by atoms with Crippen LogP contribution in [-0.2, 0) is 14.3 Å². The predicted molar refractivity (Wildman–Crippen MR) is 129 cm³/mol. The number of pyridine rings is 1. The van der Waals surface area contributed by atoms with Gasteiger partial charge in [0, 0.05) is 23.8 Å². The summed E-state index contributed by atoms with van der Waals surface area (Å²) >= 11 is 0. The summed E-state index contributed by atoms with van der Waals surface area (Å²) in [5.74, 6) is 0.600. The van der Waals surface area contributed by atoms with Gasteiger partial charge in [0.05, 0.1) is 38.1 Å². The Morgan fingerprint density at radius 3 is 2.54 bits per heavy atom. The summed E-state index contributed by atoms with van der Waals surface area (Å²) in [4.78, 5) is 31.9. The molecule has 0 radical (unpaired) electrons. The number of likely N-dealkylation sites (tertiary alicyclic amines) is 1. The quantitative estimate of drug-likeness (QED) is 0.646. The van der Waals surface area contributed by atoms with Gasteiger partial charge in [0.15, 0.2) is 0 Å². The van der Waals surface area contributed by atoms with Crippen LogP contribution in [-0.4, -0.2) is 65.1 Å². The highest BCUT2D eigenvalue weighted by Crippen LogP contribution is 2.50. The molecule has 1 aromatic carbocycles. The lowest BCUT2D eigenvalue weighted by atomic mass is 9.84. The Balaban J connectivity index is 1.80. The molecule has 2 aliphatic rings. The number of ether oxygens (including phenoxy) is 4. The largest absolute Gasteiger partial charge is 0.497 e. The number of aromatic nitrogens is 1. The molecular formula is C26H34N2O7. The van der Waals surface area contributed by atoms with Crippen LogP contribution in [0, 0.1) is 0 Å². The molecule has 1 aromatic heterocycles. The van der Waals surface area contributed by atoms with Crippen LogP contribution >= 0.6 is 0 Å². The van der Waals surface area contributed by atoms with Crippen molar-refractivity contribution in [3.05, 3.63) is 29.5 Å². The van der Waals surface area contributed by atoms with Gasteiger partial charge in [-0.3, -0.25) is 4.90 Å². The Kier molecular flexibility index (Phi) is 6.34. The average molecular weight is 487 g/mol. The van der Waals surface area contributed by atoms with Crippen molar-refractivity contribution in [3.63, 3.8) is 0 Å². The Bertz CT molecular complexity index is 1160.